The molecule has 0 N–H and O–H groups in total. The van der Waals surface area contributed by atoms with Crippen molar-refractivity contribution in [1.82, 2.24) is 4.90 Å². The molecular weight excluding hydrogens is 315 g/mol. The van der Waals surface area contributed by atoms with Crippen molar-refractivity contribution in [1.29, 1.82) is 0 Å². The van der Waals surface area contributed by atoms with Gasteiger partial charge in [-0.25, -0.2) is 13.2 Å². The Kier molecular flexibility index (Phi) is 4.88. The van der Waals surface area contributed by atoms with Crippen molar-refractivity contribution in [2.45, 2.75) is 19.3 Å². The van der Waals surface area contributed by atoms with Gasteiger partial charge in [0, 0.05) is 13.1 Å². The van der Waals surface area contributed by atoms with Crippen LogP contribution in [0.15, 0.2) is 42.5 Å². The van der Waals surface area contributed by atoms with Gasteiger partial charge in [0.1, 0.15) is 23.0 Å². The Morgan fingerprint density at radius 1 is 0.958 bits per heavy atom. The zero-order chi connectivity index (χ0) is 17.1. The van der Waals surface area contributed by atoms with Crippen molar-refractivity contribution in [2.75, 3.05) is 13.1 Å². The summed E-state index contributed by atoms with van der Waals surface area (Å²) in [5.74, 6) is -2.12. The SMILES string of the molecule is O=C(c1c(F)cccc1F)N1CCC(Cc2ccc(F)cc2)CC1. The minimum atomic E-state index is -0.826. The average molecular weight is 333 g/mol. The molecule has 3 rings (SSSR count). The van der Waals surface area contributed by atoms with Gasteiger partial charge < -0.3 is 4.90 Å². The first-order chi connectivity index (χ1) is 11.5. The monoisotopic (exact) mass is 333 g/mol. The Labute approximate surface area is 138 Å². The molecule has 24 heavy (non-hydrogen) atoms. The van der Waals surface area contributed by atoms with E-state index in [9.17, 15) is 18.0 Å². The number of benzene rings is 2. The third-order valence-corrected chi connectivity index (χ3v) is 4.52. The van der Waals surface area contributed by atoms with Crippen LogP contribution in [-0.2, 0) is 6.42 Å². The minimum Gasteiger partial charge on any atom is -0.338 e. The van der Waals surface area contributed by atoms with E-state index in [0.717, 1.165) is 37.0 Å². The van der Waals surface area contributed by atoms with Crippen molar-refractivity contribution in [3.63, 3.8) is 0 Å². The van der Waals surface area contributed by atoms with E-state index >= 15 is 0 Å². The molecule has 1 amide bonds. The van der Waals surface area contributed by atoms with Gasteiger partial charge in [-0.05, 0) is 55.0 Å². The summed E-state index contributed by atoms with van der Waals surface area (Å²) in [5, 5.41) is 0. The molecule has 0 saturated carbocycles. The lowest BCUT2D eigenvalue weighted by Gasteiger charge is -2.32. The molecule has 0 aliphatic carbocycles. The van der Waals surface area contributed by atoms with Gasteiger partial charge in [0.15, 0.2) is 0 Å². The summed E-state index contributed by atoms with van der Waals surface area (Å²) in [5.41, 5.74) is 0.579. The molecule has 5 heteroatoms. The van der Waals surface area contributed by atoms with Crippen LogP contribution < -0.4 is 0 Å². The number of rotatable bonds is 3. The van der Waals surface area contributed by atoms with Crippen LogP contribution >= 0.6 is 0 Å². The maximum Gasteiger partial charge on any atom is 0.259 e. The lowest BCUT2D eigenvalue weighted by molar-refractivity contribution is 0.0680. The average Bonchev–Trinajstić information content (AvgIpc) is 2.57. The third kappa shape index (κ3) is 3.61. The summed E-state index contributed by atoms with van der Waals surface area (Å²) in [4.78, 5) is 13.9. The number of likely N-dealkylation sites (tertiary alicyclic amines) is 1. The van der Waals surface area contributed by atoms with Gasteiger partial charge >= 0.3 is 0 Å². The fraction of sp³-hybridized carbons (Fsp3) is 0.316. The van der Waals surface area contributed by atoms with Crippen molar-refractivity contribution in [3.05, 3.63) is 71.0 Å². The summed E-state index contributed by atoms with van der Waals surface area (Å²) in [6.07, 6.45) is 2.34. The predicted octanol–water partition coefficient (Wildman–Crippen LogP) is 4.20. The zero-order valence-electron chi connectivity index (χ0n) is 13.1. The van der Waals surface area contributed by atoms with E-state index in [-0.39, 0.29) is 5.82 Å². The number of piperidine rings is 1. The predicted molar refractivity (Wildman–Crippen MR) is 85.1 cm³/mol. The quantitative estimate of drug-likeness (QED) is 0.824. The number of halogens is 3. The minimum absolute atomic E-state index is 0.258. The second kappa shape index (κ2) is 7.07. The molecule has 2 nitrogen and oxygen atoms in total. The topological polar surface area (TPSA) is 20.3 Å². The largest absolute Gasteiger partial charge is 0.338 e. The summed E-state index contributed by atoms with van der Waals surface area (Å²) in [7, 11) is 0. The van der Waals surface area contributed by atoms with Crippen molar-refractivity contribution in [3.8, 4) is 0 Å². The van der Waals surface area contributed by atoms with Gasteiger partial charge in [0.25, 0.3) is 5.91 Å². The number of hydrogen-bond donors (Lipinski definition) is 0. The van der Waals surface area contributed by atoms with E-state index in [0.29, 0.717) is 19.0 Å². The molecule has 0 spiro atoms. The van der Waals surface area contributed by atoms with Crippen LogP contribution in [0.3, 0.4) is 0 Å². The summed E-state index contributed by atoms with van der Waals surface area (Å²) in [6, 6.07) is 9.85. The fourth-order valence-corrected chi connectivity index (χ4v) is 3.15. The van der Waals surface area contributed by atoms with E-state index in [2.05, 4.69) is 0 Å². The van der Waals surface area contributed by atoms with Gasteiger partial charge in [-0.1, -0.05) is 18.2 Å². The van der Waals surface area contributed by atoms with Gasteiger partial charge in [-0.15, -0.1) is 0 Å². The molecular formula is C19H18F3NO. The molecule has 1 saturated heterocycles. The van der Waals surface area contributed by atoms with E-state index in [1.54, 1.807) is 12.1 Å². The number of nitrogens with zero attached hydrogens (tertiary/aromatic N) is 1. The van der Waals surface area contributed by atoms with E-state index in [4.69, 9.17) is 0 Å². The molecule has 0 atom stereocenters. The Bertz CT molecular complexity index is 702. The first-order valence-corrected chi connectivity index (χ1v) is 8.02. The third-order valence-electron chi connectivity index (χ3n) is 4.52. The molecule has 0 aromatic heterocycles. The summed E-state index contributed by atoms with van der Waals surface area (Å²) in [6.45, 7) is 0.941. The Morgan fingerprint density at radius 2 is 1.54 bits per heavy atom. The van der Waals surface area contributed by atoms with E-state index in [1.807, 2.05) is 0 Å². The molecule has 0 bridgehead atoms. The lowest BCUT2D eigenvalue weighted by atomic mass is 9.90. The van der Waals surface area contributed by atoms with Crippen LogP contribution in [0.2, 0.25) is 0 Å². The van der Waals surface area contributed by atoms with Crippen LogP contribution in [0, 0.1) is 23.4 Å². The molecule has 1 aliphatic heterocycles. The molecule has 0 unspecified atom stereocenters. The van der Waals surface area contributed by atoms with Crippen LogP contribution in [0.4, 0.5) is 13.2 Å². The second-order valence-corrected chi connectivity index (χ2v) is 6.16. The standard InChI is InChI=1S/C19H18F3NO/c20-15-6-4-13(5-7-15)12-14-8-10-23(11-9-14)19(24)18-16(21)2-1-3-17(18)22/h1-7,14H,8-12H2. The van der Waals surface area contributed by atoms with Crippen LogP contribution in [0.25, 0.3) is 0 Å². The molecule has 126 valence electrons. The lowest BCUT2D eigenvalue weighted by Crippen LogP contribution is -2.39. The zero-order valence-corrected chi connectivity index (χ0v) is 13.1. The maximum absolute atomic E-state index is 13.7. The number of carbonyl (C=O) groups excluding carboxylic acids is 1. The van der Waals surface area contributed by atoms with Crippen LogP contribution in [-0.4, -0.2) is 23.9 Å². The van der Waals surface area contributed by atoms with Crippen molar-refractivity contribution < 1.29 is 18.0 Å². The summed E-state index contributed by atoms with van der Waals surface area (Å²) >= 11 is 0. The van der Waals surface area contributed by atoms with E-state index in [1.165, 1.54) is 23.1 Å². The first-order valence-electron chi connectivity index (χ1n) is 8.02. The molecule has 1 fully saturated rings. The van der Waals surface area contributed by atoms with Crippen molar-refractivity contribution >= 4 is 5.91 Å². The highest BCUT2D eigenvalue weighted by molar-refractivity contribution is 5.94. The Balaban J connectivity index is 1.60. The summed E-state index contributed by atoms with van der Waals surface area (Å²) < 4.78 is 40.4. The molecule has 1 aliphatic rings. The number of hydrogen-bond acceptors (Lipinski definition) is 1. The Morgan fingerprint density at radius 3 is 2.12 bits per heavy atom. The Hall–Kier alpha value is -2.30. The number of carbonyl (C=O) groups is 1. The first kappa shape index (κ1) is 16.6. The van der Waals surface area contributed by atoms with Crippen molar-refractivity contribution in [2.24, 2.45) is 5.92 Å². The highest BCUT2D eigenvalue weighted by atomic mass is 19.1. The molecule has 2 aromatic carbocycles. The normalized spacial score (nSPS) is 15.5. The maximum atomic E-state index is 13.7. The van der Waals surface area contributed by atoms with Crippen LogP contribution in [0.5, 0.6) is 0 Å². The highest BCUT2D eigenvalue weighted by Crippen LogP contribution is 2.24. The van der Waals surface area contributed by atoms with E-state index < -0.39 is 23.1 Å². The van der Waals surface area contributed by atoms with Gasteiger partial charge in [-0.3, -0.25) is 4.79 Å². The molecule has 1 heterocycles. The number of amides is 1. The van der Waals surface area contributed by atoms with Gasteiger partial charge in [-0.2, -0.15) is 0 Å². The van der Waals surface area contributed by atoms with Gasteiger partial charge in [0.05, 0.1) is 0 Å². The molecule has 2 aromatic rings. The molecule has 0 radical (unpaired) electrons. The second-order valence-electron chi connectivity index (χ2n) is 6.16. The van der Waals surface area contributed by atoms with Crippen LogP contribution in [0.1, 0.15) is 28.8 Å². The fourth-order valence-electron chi connectivity index (χ4n) is 3.15. The van der Waals surface area contributed by atoms with Gasteiger partial charge in [0.2, 0.25) is 0 Å². The highest BCUT2D eigenvalue weighted by Gasteiger charge is 2.27. The smallest absolute Gasteiger partial charge is 0.259 e.